The van der Waals surface area contributed by atoms with Crippen LogP contribution in [0, 0.1) is 0 Å². The third-order valence-corrected chi connectivity index (χ3v) is 5.56. The van der Waals surface area contributed by atoms with Crippen molar-refractivity contribution in [2.24, 2.45) is 0 Å². The monoisotopic (exact) mass is 338 g/mol. The zero-order chi connectivity index (χ0) is 16.5. The third kappa shape index (κ3) is 2.69. The van der Waals surface area contributed by atoms with Crippen molar-refractivity contribution >= 4 is 35.0 Å². The Bertz CT molecular complexity index is 805. The van der Waals surface area contributed by atoms with Crippen molar-refractivity contribution in [3.8, 4) is 0 Å². The van der Waals surface area contributed by atoms with Gasteiger partial charge in [-0.15, -0.1) is 11.8 Å². The standard InChI is InChI=1S/C19H18N2O2S/c22-18(20-11-5-7-14-6-1-2-8-15(14)20)12-21-16-9-3-4-10-17(16)24-13-19(21)23/h1-4,6,8-10H,5,7,11-13H2. The molecule has 0 saturated carbocycles. The van der Waals surface area contributed by atoms with Gasteiger partial charge in [-0.25, -0.2) is 0 Å². The van der Waals surface area contributed by atoms with Crippen LogP contribution < -0.4 is 9.80 Å². The van der Waals surface area contributed by atoms with Crippen molar-refractivity contribution in [3.05, 3.63) is 54.1 Å². The third-order valence-electron chi connectivity index (χ3n) is 4.51. The Balaban J connectivity index is 1.60. The van der Waals surface area contributed by atoms with Crippen molar-refractivity contribution in [2.75, 3.05) is 28.6 Å². The Kier molecular flexibility index (Phi) is 4.02. The van der Waals surface area contributed by atoms with E-state index < -0.39 is 0 Å². The minimum Gasteiger partial charge on any atom is -0.311 e. The number of benzene rings is 2. The lowest BCUT2D eigenvalue weighted by Crippen LogP contribution is -2.46. The van der Waals surface area contributed by atoms with E-state index in [-0.39, 0.29) is 18.4 Å². The molecule has 2 aliphatic rings. The number of anilines is 2. The molecule has 0 unspecified atom stereocenters. The van der Waals surface area contributed by atoms with E-state index in [0.29, 0.717) is 12.3 Å². The lowest BCUT2D eigenvalue weighted by atomic mass is 10.0. The number of hydrogen-bond acceptors (Lipinski definition) is 3. The number of carbonyl (C=O) groups excluding carboxylic acids is 2. The molecule has 0 N–H and O–H groups in total. The predicted octanol–water partition coefficient (Wildman–Crippen LogP) is 3.10. The minimum atomic E-state index is -0.0165. The van der Waals surface area contributed by atoms with Gasteiger partial charge in [0.05, 0.1) is 11.4 Å². The molecular weight excluding hydrogens is 320 g/mol. The van der Waals surface area contributed by atoms with Crippen LogP contribution in [-0.2, 0) is 16.0 Å². The maximum Gasteiger partial charge on any atom is 0.247 e. The molecule has 2 aromatic rings. The predicted molar refractivity (Wildman–Crippen MR) is 96.6 cm³/mol. The second-order valence-electron chi connectivity index (χ2n) is 6.01. The quantitative estimate of drug-likeness (QED) is 0.845. The Morgan fingerprint density at radius 2 is 1.79 bits per heavy atom. The van der Waals surface area contributed by atoms with Gasteiger partial charge in [-0.3, -0.25) is 9.59 Å². The van der Waals surface area contributed by atoms with Crippen LogP contribution in [0.1, 0.15) is 12.0 Å². The van der Waals surface area contributed by atoms with E-state index in [0.717, 1.165) is 29.1 Å². The summed E-state index contributed by atoms with van der Waals surface area (Å²) in [6.07, 6.45) is 1.96. The number of hydrogen-bond donors (Lipinski definition) is 0. The Morgan fingerprint density at radius 3 is 2.67 bits per heavy atom. The van der Waals surface area contributed by atoms with Gasteiger partial charge in [0, 0.05) is 17.1 Å². The molecule has 2 heterocycles. The van der Waals surface area contributed by atoms with Gasteiger partial charge >= 0.3 is 0 Å². The molecule has 0 atom stereocenters. The number of aryl methyl sites for hydroxylation is 1. The minimum absolute atomic E-state index is 0.00246. The summed E-state index contributed by atoms with van der Waals surface area (Å²) in [4.78, 5) is 29.8. The number of nitrogens with zero attached hydrogens (tertiary/aromatic N) is 2. The van der Waals surface area contributed by atoms with E-state index in [1.807, 2.05) is 47.4 Å². The molecule has 2 aliphatic heterocycles. The van der Waals surface area contributed by atoms with Crippen molar-refractivity contribution in [1.29, 1.82) is 0 Å². The smallest absolute Gasteiger partial charge is 0.247 e. The summed E-state index contributed by atoms with van der Waals surface area (Å²) in [6, 6.07) is 15.8. The molecule has 0 saturated heterocycles. The molecule has 0 aromatic heterocycles. The summed E-state index contributed by atoms with van der Waals surface area (Å²) in [5.74, 6) is 0.371. The van der Waals surface area contributed by atoms with Gasteiger partial charge in [0.1, 0.15) is 6.54 Å². The average Bonchev–Trinajstić information content (AvgIpc) is 2.63. The fraction of sp³-hybridized carbons (Fsp3) is 0.263. The molecule has 0 radical (unpaired) electrons. The Labute approximate surface area is 145 Å². The van der Waals surface area contributed by atoms with Crippen molar-refractivity contribution < 1.29 is 9.59 Å². The highest BCUT2D eigenvalue weighted by Gasteiger charge is 2.29. The first-order valence-electron chi connectivity index (χ1n) is 8.14. The van der Waals surface area contributed by atoms with E-state index >= 15 is 0 Å². The van der Waals surface area contributed by atoms with Gasteiger partial charge < -0.3 is 9.80 Å². The van der Waals surface area contributed by atoms with E-state index in [2.05, 4.69) is 6.07 Å². The van der Waals surface area contributed by atoms with Crippen LogP contribution in [0.4, 0.5) is 11.4 Å². The average molecular weight is 338 g/mol. The topological polar surface area (TPSA) is 40.6 Å². The van der Waals surface area contributed by atoms with E-state index in [9.17, 15) is 9.59 Å². The van der Waals surface area contributed by atoms with Gasteiger partial charge in [0.25, 0.3) is 0 Å². The van der Waals surface area contributed by atoms with Crippen LogP contribution in [0.2, 0.25) is 0 Å². The molecule has 5 heteroatoms. The van der Waals surface area contributed by atoms with E-state index in [1.165, 1.54) is 17.3 Å². The van der Waals surface area contributed by atoms with Gasteiger partial charge in [-0.1, -0.05) is 30.3 Å². The summed E-state index contributed by atoms with van der Waals surface area (Å²) in [5.41, 5.74) is 3.04. The first-order valence-corrected chi connectivity index (χ1v) is 9.13. The summed E-state index contributed by atoms with van der Waals surface area (Å²) in [5, 5.41) is 0. The summed E-state index contributed by atoms with van der Waals surface area (Å²) < 4.78 is 0. The number of thioether (sulfide) groups is 1. The van der Waals surface area contributed by atoms with E-state index in [1.54, 1.807) is 4.90 Å². The molecule has 0 spiro atoms. The molecule has 2 aromatic carbocycles. The maximum atomic E-state index is 12.9. The highest BCUT2D eigenvalue weighted by Crippen LogP contribution is 2.35. The summed E-state index contributed by atoms with van der Waals surface area (Å²) >= 11 is 1.54. The van der Waals surface area contributed by atoms with E-state index in [4.69, 9.17) is 0 Å². The molecular formula is C19H18N2O2S. The van der Waals surface area contributed by atoms with Gasteiger partial charge in [-0.2, -0.15) is 0 Å². The normalized spacial score (nSPS) is 16.6. The SMILES string of the molecule is O=C(CN1C(=O)CSc2ccccc21)N1CCCc2ccccc21. The highest BCUT2D eigenvalue weighted by molar-refractivity contribution is 8.00. The van der Waals surface area contributed by atoms with Gasteiger partial charge in [-0.05, 0) is 36.6 Å². The number of carbonyl (C=O) groups is 2. The second kappa shape index (κ2) is 6.32. The molecule has 4 rings (SSSR count). The number of amides is 2. The van der Waals surface area contributed by atoms with Crippen molar-refractivity contribution in [1.82, 2.24) is 0 Å². The Morgan fingerprint density at radius 1 is 1.04 bits per heavy atom. The van der Waals surface area contributed by atoms with Crippen LogP contribution in [0.15, 0.2) is 53.4 Å². The van der Waals surface area contributed by atoms with Crippen molar-refractivity contribution in [3.63, 3.8) is 0 Å². The first-order chi connectivity index (χ1) is 11.7. The molecule has 122 valence electrons. The maximum absolute atomic E-state index is 12.9. The van der Waals surface area contributed by atoms with Crippen LogP contribution >= 0.6 is 11.8 Å². The van der Waals surface area contributed by atoms with Gasteiger partial charge in [0.15, 0.2) is 0 Å². The van der Waals surface area contributed by atoms with Gasteiger partial charge in [0.2, 0.25) is 11.8 Å². The summed E-state index contributed by atoms with van der Waals surface area (Å²) in [6.45, 7) is 0.818. The number of fused-ring (bicyclic) bond motifs is 2. The molecule has 0 fully saturated rings. The molecule has 4 nitrogen and oxygen atoms in total. The zero-order valence-electron chi connectivity index (χ0n) is 13.3. The Hall–Kier alpha value is -2.27. The highest BCUT2D eigenvalue weighted by atomic mass is 32.2. The largest absolute Gasteiger partial charge is 0.311 e. The molecule has 0 aliphatic carbocycles. The fourth-order valence-corrected chi connectivity index (χ4v) is 4.28. The zero-order valence-corrected chi connectivity index (χ0v) is 14.1. The lowest BCUT2D eigenvalue weighted by molar-refractivity contribution is -0.121. The van der Waals surface area contributed by atoms with Crippen LogP contribution in [0.5, 0.6) is 0 Å². The number of para-hydroxylation sites is 2. The van der Waals surface area contributed by atoms with Crippen molar-refractivity contribution in [2.45, 2.75) is 17.7 Å². The van der Waals surface area contributed by atoms with Crippen LogP contribution in [-0.4, -0.2) is 30.7 Å². The lowest BCUT2D eigenvalue weighted by Gasteiger charge is -2.33. The first kappa shape index (κ1) is 15.3. The molecule has 0 bridgehead atoms. The molecule has 2 amide bonds. The molecule has 24 heavy (non-hydrogen) atoms. The number of rotatable bonds is 2. The fourth-order valence-electron chi connectivity index (χ4n) is 3.34. The second-order valence-corrected chi connectivity index (χ2v) is 7.03. The van der Waals surface area contributed by atoms with Crippen LogP contribution in [0.25, 0.3) is 0 Å². The van der Waals surface area contributed by atoms with Crippen LogP contribution in [0.3, 0.4) is 0 Å². The summed E-state index contributed by atoms with van der Waals surface area (Å²) in [7, 11) is 0.